The Morgan fingerprint density at radius 2 is 1.36 bits per heavy atom. The molecule has 4 rings (SSSR count). The van der Waals surface area contributed by atoms with Crippen molar-refractivity contribution in [3.8, 4) is 0 Å². The fourth-order valence-corrected chi connectivity index (χ4v) is 6.43. The minimum Gasteiger partial charge on any atom is -0.303 e. The topological polar surface area (TPSA) is 9.72 Å². The van der Waals surface area contributed by atoms with Crippen molar-refractivity contribution in [2.45, 2.75) is 71.9 Å². The Bertz CT molecular complexity index is 438. The summed E-state index contributed by atoms with van der Waals surface area (Å²) in [6.07, 6.45) is 7.39. The Labute approximate surface area is 156 Å². The fourth-order valence-electron chi connectivity index (χ4n) is 6.43. The first kappa shape index (κ1) is 18.3. The van der Waals surface area contributed by atoms with Crippen LogP contribution in [-0.4, -0.2) is 72.6 Å². The van der Waals surface area contributed by atoms with Gasteiger partial charge in [0.2, 0.25) is 0 Å². The van der Waals surface area contributed by atoms with Crippen molar-refractivity contribution in [1.82, 2.24) is 14.7 Å². The van der Waals surface area contributed by atoms with Gasteiger partial charge in [-0.1, -0.05) is 0 Å². The van der Waals surface area contributed by atoms with Gasteiger partial charge in [-0.3, -0.25) is 0 Å². The molecule has 0 aromatic carbocycles. The largest absolute Gasteiger partial charge is 0.303 e. The van der Waals surface area contributed by atoms with Crippen LogP contribution in [0.1, 0.15) is 59.8 Å². The minimum atomic E-state index is 0.671. The van der Waals surface area contributed by atoms with Crippen LogP contribution in [0.15, 0.2) is 0 Å². The Balaban J connectivity index is 1.22. The van der Waals surface area contributed by atoms with Crippen molar-refractivity contribution >= 4 is 0 Å². The lowest BCUT2D eigenvalue weighted by Gasteiger charge is -2.40. The predicted octanol–water partition coefficient (Wildman–Crippen LogP) is 3.55. The van der Waals surface area contributed by atoms with Crippen LogP contribution in [0.25, 0.3) is 0 Å². The zero-order chi connectivity index (χ0) is 17.6. The Kier molecular flexibility index (Phi) is 5.20. The average Bonchev–Trinajstić information content (AvgIpc) is 3.23. The molecule has 0 bridgehead atoms. The zero-order valence-electron chi connectivity index (χ0n) is 17.2. The second kappa shape index (κ2) is 7.13. The molecule has 0 aromatic heterocycles. The van der Waals surface area contributed by atoms with Crippen LogP contribution in [-0.2, 0) is 0 Å². The van der Waals surface area contributed by atoms with Crippen molar-refractivity contribution < 1.29 is 0 Å². The summed E-state index contributed by atoms with van der Waals surface area (Å²) in [4.78, 5) is 8.26. The van der Waals surface area contributed by atoms with E-state index in [1.54, 1.807) is 0 Å². The van der Waals surface area contributed by atoms with Gasteiger partial charge in [-0.25, -0.2) is 0 Å². The Hall–Kier alpha value is -0.120. The van der Waals surface area contributed by atoms with E-state index in [-0.39, 0.29) is 0 Å². The highest BCUT2D eigenvalue weighted by Crippen LogP contribution is 2.44. The number of likely N-dealkylation sites (tertiary alicyclic amines) is 3. The maximum atomic E-state index is 2.83. The van der Waals surface area contributed by atoms with Crippen LogP contribution in [0.5, 0.6) is 0 Å². The first-order chi connectivity index (χ1) is 11.9. The monoisotopic (exact) mass is 347 g/mol. The molecule has 1 saturated carbocycles. The molecule has 144 valence electrons. The van der Waals surface area contributed by atoms with E-state index in [0.29, 0.717) is 5.41 Å². The molecule has 0 N–H and O–H groups in total. The number of rotatable bonds is 4. The van der Waals surface area contributed by atoms with Gasteiger partial charge in [0.1, 0.15) is 0 Å². The fraction of sp³-hybridized carbons (Fsp3) is 1.00. The molecule has 1 spiro atoms. The summed E-state index contributed by atoms with van der Waals surface area (Å²) in [6, 6.07) is 1.49. The van der Waals surface area contributed by atoms with E-state index in [1.165, 1.54) is 77.9 Å². The predicted molar refractivity (Wildman–Crippen MR) is 106 cm³/mol. The molecule has 3 saturated heterocycles. The molecule has 4 aliphatic rings. The van der Waals surface area contributed by atoms with Crippen LogP contribution in [0.3, 0.4) is 0 Å². The molecule has 2 atom stereocenters. The number of hydrogen-bond donors (Lipinski definition) is 0. The van der Waals surface area contributed by atoms with Gasteiger partial charge in [0.15, 0.2) is 0 Å². The first-order valence-corrected chi connectivity index (χ1v) is 11.1. The average molecular weight is 348 g/mol. The lowest BCUT2D eigenvalue weighted by atomic mass is 9.77. The lowest BCUT2D eigenvalue weighted by Crippen LogP contribution is -2.43. The van der Waals surface area contributed by atoms with Gasteiger partial charge < -0.3 is 14.7 Å². The molecule has 3 aliphatic heterocycles. The molecule has 4 fully saturated rings. The van der Waals surface area contributed by atoms with Crippen molar-refractivity contribution in [2.75, 3.05) is 45.8 Å². The summed E-state index contributed by atoms with van der Waals surface area (Å²) in [5.74, 6) is 3.02. The number of fused-ring (bicyclic) bond motifs is 1. The Morgan fingerprint density at radius 3 is 1.88 bits per heavy atom. The summed E-state index contributed by atoms with van der Waals surface area (Å²) in [7, 11) is 0. The number of nitrogens with zero attached hydrogens (tertiary/aromatic N) is 3. The van der Waals surface area contributed by atoms with E-state index in [9.17, 15) is 0 Å². The molecule has 3 heteroatoms. The molecule has 0 amide bonds. The molecule has 25 heavy (non-hydrogen) atoms. The van der Waals surface area contributed by atoms with Crippen molar-refractivity contribution in [3.05, 3.63) is 0 Å². The quantitative estimate of drug-likeness (QED) is 0.770. The molecule has 3 heterocycles. The number of piperidine rings is 1. The molecule has 3 nitrogen and oxygen atoms in total. The summed E-state index contributed by atoms with van der Waals surface area (Å²) in [5.41, 5.74) is 0.671. The molecule has 1 aliphatic carbocycles. The molecule has 0 radical (unpaired) electrons. The van der Waals surface area contributed by atoms with Crippen LogP contribution in [0.2, 0.25) is 0 Å². The standard InChI is InChI=1S/C22H41N3/c1-17(2)24-10-7-22(16-24)5-8-23(9-6-22)13-19-11-20-14-25(18(3)4)15-21(20)12-19/h17-21H,5-16H2,1-4H3. The first-order valence-electron chi connectivity index (χ1n) is 11.1. The van der Waals surface area contributed by atoms with Crippen molar-refractivity contribution in [1.29, 1.82) is 0 Å². The summed E-state index contributed by atoms with van der Waals surface area (Å²) in [5, 5.41) is 0. The number of hydrogen-bond acceptors (Lipinski definition) is 3. The van der Waals surface area contributed by atoms with Gasteiger partial charge in [-0.05, 0) is 103 Å². The van der Waals surface area contributed by atoms with E-state index in [4.69, 9.17) is 0 Å². The van der Waals surface area contributed by atoms with E-state index < -0.39 is 0 Å². The smallest absolute Gasteiger partial charge is 0.00421 e. The van der Waals surface area contributed by atoms with E-state index in [2.05, 4.69) is 42.4 Å². The van der Waals surface area contributed by atoms with Gasteiger partial charge in [0.05, 0.1) is 0 Å². The minimum absolute atomic E-state index is 0.671. The van der Waals surface area contributed by atoms with E-state index in [1.807, 2.05) is 0 Å². The third kappa shape index (κ3) is 3.80. The lowest BCUT2D eigenvalue weighted by molar-refractivity contribution is 0.0904. The van der Waals surface area contributed by atoms with Gasteiger partial charge >= 0.3 is 0 Å². The van der Waals surface area contributed by atoms with E-state index >= 15 is 0 Å². The van der Waals surface area contributed by atoms with Gasteiger partial charge in [-0.15, -0.1) is 0 Å². The molecular formula is C22H41N3. The molecule has 2 unspecified atom stereocenters. The highest BCUT2D eigenvalue weighted by Gasteiger charge is 2.44. The normalized spacial score (nSPS) is 37.0. The van der Waals surface area contributed by atoms with Crippen LogP contribution in [0.4, 0.5) is 0 Å². The third-order valence-electron chi connectivity index (χ3n) is 8.24. The van der Waals surface area contributed by atoms with Crippen molar-refractivity contribution in [3.63, 3.8) is 0 Å². The highest BCUT2D eigenvalue weighted by atomic mass is 15.2. The highest BCUT2D eigenvalue weighted by molar-refractivity contribution is 4.97. The summed E-state index contributed by atoms with van der Waals surface area (Å²) >= 11 is 0. The third-order valence-corrected chi connectivity index (χ3v) is 8.24. The molecule has 0 aromatic rings. The van der Waals surface area contributed by atoms with Crippen LogP contribution >= 0.6 is 0 Å². The van der Waals surface area contributed by atoms with Crippen molar-refractivity contribution in [2.24, 2.45) is 23.2 Å². The molecular weight excluding hydrogens is 306 g/mol. The summed E-state index contributed by atoms with van der Waals surface area (Å²) < 4.78 is 0. The maximum Gasteiger partial charge on any atom is 0.00421 e. The second-order valence-corrected chi connectivity index (χ2v) is 10.5. The zero-order valence-corrected chi connectivity index (χ0v) is 17.2. The Morgan fingerprint density at radius 1 is 0.800 bits per heavy atom. The van der Waals surface area contributed by atoms with Crippen LogP contribution < -0.4 is 0 Å². The second-order valence-electron chi connectivity index (χ2n) is 10.5. The van der Waals surface area contributed by atoms with E-state index in [0.717, 1.165) is 29.8 Å². The van der Waals surface area contributed by atoms with Gasteiger partial charge in [-0.2, -0.15) is 0 Å². The maximum absolute atomic E-state index is 2.83. The van der Waals surface area contributed by atoms with Gasteiger partial charge in [0.25, 0.3) is 0 Å². The SMILES string of the molecule is CC(C)N1CC2CC(CN3CCC4(CC3)CCN(C(C)C)C4)CC2C1. The van der Waals surface area contributed by atoms with Crippen LogP contribution in [0, 0.1) is 23.2 Å². The summed E-state index contributed by atoms with van der Waals surface area (Å²) in [6.45, 7) is 19.1. The van der Waals surface area contributed by atoms with Gasteiger partial charge in [0, 0.05) is 38.3 Å².